The highest BCUT2D eigenvalue weighted by Crippen LogP contribution is 2.25. The minimum atomic E-state index is -0.742. The van der Waals surface area contributed by atoms with Crippen LogP contribution in [0, 0.1) is 0 Å². The number of nitrogens with zero attached hydrogens (tertiary/aromatic N) is 1. The van der Waals surface area contributed by atoms with Crippen molar-refractivity contribution in [2.24, 2.45) is 5.73 Å². The van der Waals surface area contributed by atoms with E-state index in [9.17, 15) is 5.11 Å². The van der Waals surface area contributed by atoms with Gasteiger partial charge < -0.3 is 15.6 Å². The van der Waals surface area contributed by atoms with Crippen LogP contribution in [0.15, 0.2) is 24.3 Å². The fraction of sp³-hybridized carbons (Fsp3) is 0.600. The number of aliphatic hydroxyl groups is 1. The molecule has 2 atom stereocenters. The van der Waals surface area contributed by atoms with E-state index in [1.54, 1.807) is 21.0 Å². The van der Waals surface area contributed by atoms with E-state index in [1.165, 1.54) is 0 Å². The largest absolute Gasteiger partial charge is 0.497 e. The molecule has 1 aromatic rings. The van der Waals surface area contributed by atoms with E-state index >= 15 is 0 Å². The van der Waals surface area contributed by atoms with Crippen molar-refractivity contribution in [1.29, 1.82) is 0 Å². The lowest BCUT2D eigenvalue weighted by atomic mass is 9.98. The Kier molecular flexibility index (Phi) is 5.35. The zero-order valence-electron chi connectivity index (χ0n) is 12.6. The Balaban J connectivity index is 2.93. The SMILES string of the molecule is COc1ccc(C(C(C)N)N(C)CC(C)(C)O)cc1. The number of likely N-dealkylation sites (N-methyl/N-ethyl adjacent to an activating group) is 1. The third kappa shape index (κ3) is 4.82. The van der Waals surface area contributed by atoms with E-state index in [0.29, 0.717) is 6.54 Å². The molecule has 0 saturated heterocycles. The van der Waals surface area contributed by atoms with E-state index in [0.717, 1.165) is 11.3 Å². The molecule has 1 rings (SSSR count). The van der Waals surface area contributed by atoms with Crippen LogP contribution in [-0.4, -0.2) is 42.4 Å². The molecule has 0 saturated carbocycles. The molecule has 0 heterocycles. The lowest BCUT2D eigenvalue weighted by Gasteiger charge is -2.35. The average molecular weight is 266 g/mol. The maximum Gasteiger partial charge on any atom is 0.118 e. The van der Waals surface area contributed by atoms with E-state index in [-0.39, 0.29) is 12.1 Å². The summed E-state index contributed by atoms with van der Waals surface area (Å²) in [5.74, 6) is 0.831. The molecule has 0 amide bonds. The van der Waals surface area contributed by atoms with E-state index < -0.39 is 5.60 Å². The molecule has 0 aromatic heterocycles. The van der Waals surface area contributed by atoms with Crippen molar-refractivity contribution in [3.8, 4) is 5.75 Å². The van der Waals surface area contributed by atoms with Gasteiger partial charge in [-0.3, -0.25) is 4.90 Å². The summed E-state index contributed by atoms with van der Waals surface area (Å²) in [7, 11) is 3.63. The van der Waals surface area contributed by atoms with Gasteiger partial charge in [-0.1, -0.05) is 12.1 Å². The molecular formula is C15H26N2O2. The molecular weight excluding hydrogens is 240 g/mol. The van der Waals surface area contributed by atoms with Crippen LogP contribution in [0.3, 0.4) is 0 Å². The maximum absolute atomic E-state index is 9.95. The summed E-state index contributed by atoms with van der Waals surface area (Å²) in [6, 6.07) is 7.95. The van der Waals surface area contributed by atoms with Crippen molar-refractivity contribution >= 4 is 0 Å². The zero-order valence-corrected chi connectivity index (χ0v) is 12.6. The van der Waals surface area contributed by atoms with Crippen LogP contribution >= 0.6 is 0 Å². The van der Waals surface area contributed by atoms with Gasteiger partial charge in [0.05, 0.1) is 12.7 Å². The van der Waals surface area contributed by atoms with Crippen molar-refractivity contribution in [2.45, 2.75) is 38.5 Å². The number of ether oxygens (including phenoxy) is 1. The second-order valence-electron chi connectivity index (χ2n) is 5.80. The molecule has 0 aliphatic carbocycles. The molecule has 3 N–H and O–H groups in total. The van der Waals surface area contributed by atoms with Crippen LogP contribution in [0.5, 0.6) is 5.75 Å². The van der Waals surface area contributed by atoms with Crippen LogP contribution in [-0.2, 0) is 0 Å². The lowest BCUT2D eigenvalue weighted by molar-refractivity contribution is 0.0278. The Hall–Kier alpha value is -1.10. The van der Waals surface area contributed by atoms with Crippen molar-refractivity contribution < 1.29 is 9.84 Å². The van der Waals surface area contributed by atoms with Crippen molar-refractivity contribution in [2.75, 3.05) is 20.7 Å². The maximum atomic E-state index is 9.95. The van der Waals surface area contributed by atoms with Crippen LogP contribution in [0.25, 0.3) is 0 Å². The highest BCUT2D eigenvalue weighted by molar-refractivity contribution is 5.29. The van der Waals surface area contributed by atoms with Gasteiger partial charge in [-0.2, -0.15) is 0 Å². The average Bonchev–Trinajstić information content (AvgIpc) is 2.27. The normalized spacial score (nSPS) is 15.4. The third-order valence-electron chi connectivity index (χ3n) is 3.07. The highest BCUT2D eigenvalue weighted by Gasteiger charge is 2.25. The molecule has 0 radical (unpaired) electrons. The number of hydrogen-bond acceptors (Lipinski definition) is 4. The zero-order chi connectivity index (χ0) is 14.6. The monoisotopic (exact) mass is 266 g/mol. The van der Waals surface area contributed by atoms with Gasteiger partial charge in [0.1, 0.15) is 5.75 Å². The minimum Gasteiger partial charge on any atom is -0.497 e. The minimum absolute atomic E-state index is 0.0271. The fourth-order valence-electron chi connectivity index (χ4n) is 2.47. The number of rotatable bonds is 6. The first-order chi connectivity index (χ1) is 8.74. The van der Waals surface area contributed by atoms with Crippen LogP contribution < -0.4 is 10.5 Å². The van der Waals surface area contributed by atoms with Crippen molar-refractivity contribution in [3.63, 3.8) is 0 Å². The quantitative estimate of drug-likeness (QED) is 0.824. The predicted molar refractivity (Wildman–Crippen MR) is 78.3 cm³/mol. The lowest BCUT2D eigenvalue weighted by Crippen LogP contribution is -2.43. The van der Waals surface area contributed by atoms with Crippen LogP contribution in [0.1, 0.15) is 32.4 Å². The van der Waals surface area contributed by atoms with Gasteiger partial charge in [-0.15, -0.1) is 0 Å². The Morgan fingerprint density at radius 3 is 2.21 bits per heavy atom. The van der Waals surface area contributed by atoms with Crippen LogP contribution in [0.4, 0.5) is 0 Å². The predicted octanol–water partition coefficient (Wildman–Crippen LogP) is 1.79. The molecule has 1 aromatic carbocycles. The molecule has 0 bridgehead atoms. The summed E-state index contributed by atoms with van der Waals surface area (Å²) in [5.41, 5.74) is 6.49. The van der Waals surface area contributed by atoms with Crippen molar-refractivity contribution in [1.82, 2.24) is 4.90 Å². The Labute approximate surface area is 116 Å². The van der Waals surface area contributed by atoms with Gasteiger partial charge in [0.2, 0.25) is 0 Å². The first-order valence-corrected chi connectivity index (χ1v) is 6.57. The van der Waals surface area contributed by atoms with E-state index in [1.807, 2.05) is 38.2 Å². The fourth-order valence-corrected chi connectivity index (χ4v) is 2.47. The highest BCUT2D eigenvalue weighted by atomic mass is 16.5. The summed E-state index contributed by atoms with van der Waals surface area (Å²) >= 11 is 0. The van der Waals surface area contributed by atoms with Gasteiger partial charge >= 0.3 is 0 Å². The molecule has 4 nitrogen and oxygen atoms in total. The summed E-state index contributed by atoms with van der Waals surface area (Å²) in [6.45, 7) is 6.15. The van der Waals surface area contributed by atoms with Gasteiger partial charge in [-0.25, -0.2) is 0 Å². The van der Waals surface area contributed by atoms with E-state index in [4.69, 9.17) is 10.5 Å². The molecule has 4 heteroatoms. The summed E-state index contributed by atoms with van der Waals surface area (Å²) < 4.78 is 5.17. The smallest absolute Gasteiger partial charge is 0.118 e. The number of benzene rings is 1. The second kappa shape index (κ2) is 6.37. The second-order valence-corrected chi connectivity index (χ2v) is 5.80. The molecule has 108 valence electrons. The van der Waals surface area contributed by atoms with Gasteiger partial charge in [0, 0.05) is 18.6 Å². The standard InChI is InChI=1S/C15H26N2O2/c1-11(16)14(17(4)10-15(2,3)18)12-6-8-13(19-5)9-7-12/h6-9,11,14,18H,10,16H2,1-5H3. The first-order valence-electron chi connectivity index (χ1n) is 6.57. The molecule has 2 unspecified atom stereocenters. The van der Waals surface area contributed by atoms with Crippen molar-refractivity contribution in [3.05, 3.63) is 29.8 Å². The summed E-state index contributed by atoms with van der Waals surface area (Å²) in [5, 5.41) is 9.95. The molecule has 0 aliphatic rings. The van der Waals surface area contributed by atoms with Gasteiger partial charge in [0.15, 0.2) is 0 Å². The number of nitrogens with two attached hydrogens (primary N) is 1. The van der Waals surface area contributed by atoms with Crippen LogP contribution in [0.2, 0.25) is 0 Å². The Morgan fingerprint density at radius 2 is 1.84 bits per heavy atom. The van der Waals surface area contributed by atoms with Gasteiger partial charge in [0.25, 0.3) is 0 Å². The molecule has 0 fully saturated rings. The van der Waals surface area contributed by atoms with E-state index in [2.05, 4.69) is 4.90 Å². The molecule has 0 aliphatic heterocycles. The summed E-state index contributed by atoms with van der Waals surface area (Å²) in [6.07, 6.45) is 0. The molecule has 0 spiro atoms. The Bertz CT molecular complexity index is 382. The molecule has 19 heavy (non-hydrogen) atoms. The summed E-state index contributed by atoms with van der Waals surface area (Å²) in [4.78, 5) is 2.09. The topological polar surface area (TPSA) is 58.7 Å². The number of hydrogen-bond donors (Lipinski definition) is 2. The van der Waals surface area contributed by atoms with Gasteiger partial charge in [-0.05, 0) is 45.5 Å². The first kappa shape index (κ1) is 16.0. The number of methoxy groups -OCH3 is 1. The Morgan fingerprint density at radius 1 is 1.32 bits per heavy atom. The third-order valence-corrected chi connectivity index (χ3v) is 3.07.